The van der Waals surface area contributed by atoms with E-state index in [0.29, 0.717) is 6.42 Å². The Labute approximate surface area is 272 Å². The maximum atomic E-state index is 12.4. The first-order valence-corrected chi connectivity index (χ1v) is 19.0. The second-order valence-electron chi connectivity index (χ2n) is 13.7. The molecule has 0 aromatic heterocycles. The molecule has 0 unspecified atom stereocenters. The Bertz CT molecular complexity index is 666. The van der Waals surface area contributed by atoms with E-state index in [0.717, 1.165) is 44.4 Å². The van der Waals surface area contributed by atoms with Crippen LogP contribution >= 0.6 is 0 Å². The normalized spacial score (nSPS) is 12.0. The SMILES string of the molecule is CCCCCCCCCCCCCCCCCCCC(=O)N[C@@H](CC(=O)O)C(=O)OCCCCCCCCCCCC(C)C. The molecular formula is C38H73NO5. The molecule has 0 aliphatic heterocycles. The molecule has 6 heteroatoms. The van der Waals surface area contributed by atoms with Crippen LogP contribution in [0.25, 0.3) is 0 Å². The number of amides is 1. The van der Waals surface area contributed by atoms with Gasteiger partial charge in [-0.2, -0.15) is 0 Å². The largest absolute Gasteiger partial charge is 0.481 e. The van der Waals surface area contributed by atoms with Crippen molar-refractivity contribution in [3.05, 3.63) is 0 Å². The number of hydrogen-bond donors (Lipinski definition) is 2. The molecule has 0 heterocycles. The maximum absolute atomic E-state index is 12.4. The fourth-order valence-electron chi connectivity index (χ4n) is 5.81. The summed E-state index contributed by atoms with van der Waals surface area (Å²) in [6, 6.07) is -1.11. The van der Waals surface area contributed by atoms with E-state index < -0.39 is 24.4 Å². The Balaban J connectivity index is 3.73. The summed E-state index contributed by atoms with van der Waals surface area (Å²) in [6.07, 6.45) is 33.7. The Morgan fingerprint density at radius 1 is 0.568 bits per heavy atom. The van der Waals surface area contributed by atoms with Crippen LogP contribution in [0.4, 0.5) is 0 Å². The molecule has 0 aliphatic rings. The van der Waals surface area contributed by atoms with Gasteiger partial charge < -0.3 is 15.2 Å². The van der Waals surface area contributed by atoms with Crippen LogP contribution in [-0.4, -0.2) is 35.6 Å². The number of ether oxygens (including phenoxy) is 1. The molecule has 0 fully saturated rings. The average Bonchev–Trinajstić information content (AvgIpc) is 2.98. The molecule has 0 aromatic rings. The summed E-state index contributed by atoms with van der Waals surface area (Å²) in [5.74, 6) is -1.21. The van der Waals surface area contributed by atoms with E-state index in [9.17, 15) is 19.5 Å². The Morgan fingerprint density at radius 3 is 1.36 bits per heavy atom. The minimum absolute atomic E-state index is 0.265. The molecule has 0 saturated heterocycles. The van der Waals surface area contributed by atoms with Crippen molar-refractivity contribution >= 4 is 17.8 Å². The fraction of sp³-hybridized carbons (Fsp3) is 0.921. The first kappa shape index (κ1) is 42.4. The first-order valence-electron chi connectivity index (χ1n) is 19.0. The van der Waals surface area contributed by atoms with Crippen LogP contribution in [-0.2, 0) is 19.1 Å². The van der Waals surface area contributed by atoms with Gasteiger partial charge in [0.25, 0.3) is 0 Å². The number of nitrogens with one attached hydrogen (secondary N) is 1. The molecule has 6 nitrogen and oxygen atoms in total. The van der Waals surface area contributed by atoms with Gasteiger partial charge in [-0.1, -0.05) is 181 Å². The number of carboxylic acid groups (broad SMARTS) is 1. The topological polar surface area (TPSA) is 92.7 Å². The molecule has 0 aliphatic carbocycles. The van der Waals surface area contributed by atoms with Gasteiger partial charge in [0.15, 0.2) is 0 Å². The zero-order valence-electron chi connectivity index (χ0n) is 29.4. The average molecular weight is 624 g/mol. The lowest BCUT2D eigenvalue weighted by molar-refractivity contribution is -0.151. The molecule has 0 spiro atoms. The van der Waals surface area contributed by atoms with Crippen molar-refractivity contribution in [1.29, 1.82) is 0 Å². The number of rotatable bonds is 34. The highest BCUT2D eigenvalue weighted by Crippen LogP contribution is 2.15. The van der Waals surface area contributed by atoms with E-state index in [4.69, 9.17) is 4.74 Å². The van der Waals surface area contributed by atoms with Crippen molar-refractivity contribution in [2.75, 3.05) is 6.61 Å². The second kappa shape index (κ2) is 32.8. The lowest BCUT2D eigenvalue weighted by atomic mass is 10.0. The Morgan fingerprint density at radius 2 is 0.955 bits per heavy atom. The van der Waals surface area contributed by atoms with Crippen LogP contribution in [0, 0.1) is 5.92 Å². The summed E-state index contributed by atoms with van der Waals surface area (Å²) >= 11 is 0. The second-order valence-corrected chi connectivity index (χ2v) is 13.7. The van der Waals surface area contributed by atoms with Crippen LogP contribution in [0.5, 0.6) is 0 Å². The summed E-state index contributed by atoms with van der Waals surface area (Å²) in [6.45, 7) is 7.11. The molecule has 0 saturated carbocycles. The molecule has 1 amide bonds. The van der Waals surface area contributed by atoms with Crippen molar-refractivity contribution in [3.63, 3.8) is 0 Å². The van der Waals surface area contributed by atoms with E-state index in [1.165, 1.54) is 135 Å². The standard InChI is InChI=1S/C38H73NO5/c1-4-5-6-7-8-9-10-11-12-13-14-15-16-19-22-25-28-31-36(40)39-35(33-37(41)42)38(43)44-32-29-26-23-20-17-18-21-24-27-30-34(2)3/h34-35H,4-33H2,1-3H3,(H,39,40)(H,41,42)/t35-/m0/s1. The van der Waals surface area contributed by atoms with Gasteiger partial charge in [0.2, 0.25) is 5.91 Å². The fourth-order valence-corrected chi connectivity index (χ4v) is 5.81. The zero-order chi connectivity index (χ0) is 32.5. The van der Waals surface area contributed by atoms with Crippen LogP contribution in [0.1, 0.15) is 207 Å². The zero-order valence-corrected chi connectivity index (χ0v) is 29.4. The number of carboxylic acids is 1. The number of carbonyl (C=O) groups is 3. The highest BCUT2D eigenvalue weighted by Gasteiger charge is 2.25. The van der Waals surface area contributed by atoms with Crippen LogP contribution in [0.2, 0.25) is 0 Å². The third-order valence-corrected chi connectivity index (χ3v) is 8.68. The molecule has 0 aromatic carbocycles. The minimum Gasteiger partial charge on any atom is -0.481 e. The quantitative estimate of drug-likeness (QED) is 0.0549. The first-order chi connectivity index (χ1) is 21.4. The molecule has 2 N–H and O–H groups in total. The van der Waals surface area contributed by atoms with Gasteiger partial charge in [-0.15, -0.1) is 0 Å². The number of aliphatic carboxylic acids is 1. The van der Waals surface area contributed by atoms with Gasteiger partial charge in [-0.05, 0) is 18.8 Å². The molecule has 0 rings (SSSR count). The summed E-state index contributed by atoms with van der Waals surface area (Å²) in [4.78, 5) is 36.1. The van der Waals surface area contributed by atoms with E-state index in [-0.39, 0.29) is 12.5 Å². The van der Waals surface area contributed by atoms with Gasteiger partial charge in [0, 0.05) is 6.42 Å². The van der Waals surface area contributed by atoms with Gasteiger partial charge >= 0.3 is 11.9 Å². The monoisotopic (exact) mass is 624 g/mol. The lowest BCUT2D eigenvalue weighted by Crippen LogP contribution is -2.43. The molecule has 260 valence electrons. The summed E-state index contributed by atoms with van der Waals surface area (Å²) in [5, 5.41) is 11.8. The van der Waals surface area contributed by atoms with Gasteiger partial charge in [0.1, 0.15) is 6.04 Å². The van der Waals surface area contributed by atoms with Crippen LogP contribution < -0.4 is 5.32 Å². The molecule has 1 atom stereocenters. The predicted molar refractivity (Wildman–Crippen MR) is 185 cm³/mol. The van der Waals surface area contributed by atoms with Crippen molar-refractivity contribution in [1.82, 2.24) is 5.32 Å². The number of hydrogen-bond acceptors (Lipinski definition) is 4. The van der Waals surface area contributed by atoms with Gasteiger partial charge in [0.05, 0.1) is 13.0 Å². The Hall–Kier alpha value is -1.59. The van der Waals surface area contributed by atoms with E-state index in [1.807, 2.05) is 0 Å². The van der Waals surface area contributed by atoms with E-state index in [1.54, 1.807) is 0 Å². The minimum atomic E-state index is -1.12. The van der Waals surface area contributed by atoms with Crippen molar-refractivity contribution in [2.45, 2.75) is 213 Å². The van der Waals surface area contributed by atoms with Crippen molar-refractivity contribution in [2.24, 2.45) is 5.92 Å². The van der Waals surface area contributed by atoms with Gasteiger partial charge in [-0.25, -0.2) is 4.79 Å². The highest BCUT2D eigenvalue weighted by atomic mass is 16.5. The summed E-state index contributed by atoms with van der Waals surface area (Å²) in [5.41, 5.74) is 0. The lowest BCUT2D eigenvalue weighted by Gasteiger charge is -2.16. The Kier molecular flexibility index (Phi) is 31.6. The number of carbonyl (C=O) groups excluding carboxylic acids is 2. The molecule has 0 radical (unpaired) electrons. The van der Waals surface area contributed by atoms with Gasteiger partial charge in [-0.3, -0.25) is 9.59 Å². The van der Waals surface area contributed by atoms with Crippen molar-refractivity contribution < 1.29 is 24.2 Å². The molecule has 0 bridgehead atoms. The summed E-state index contributed by atoms with van der Waals surface area (Å²) < 4.78 is 5.32. The smallest absolute Gasteiger partial charge is 0.329 e. The third kappa shape index (κ3) is 31.8. The van der Waals surface area contributed by atoms with E-state index in [2.05, 4.69) is 26.1 Å². The van der Waals surface area contributed by atoms with E-state index >= 15 is 0 Å². The summed E-state index contributed by atoms with van der Waals surface area (Å²) in [7, 11) is 0. The highest BCUT2D eigenvalue weighted by molar-refractivity contribution is 5.87. The predicted octanol–water partition coefficient (Wildman–Crippen LogP) is 11.1. The van der Waals surface area contributed by atoms with Crippen LogP contribution in [0.15, 0.2) is 0 Å². The number of esters is 1. The third-order valence-electron chi connectivity index (χ3n) is 8.68. The molecular weight excluding hydrogens is 550 g/mol. The maximum Gasteiger partial charge on any atom is 0.329 e. The number of unbranched alkanes of at least 4 members (excludes halogenated alkanes) is 24. The van der Waals surface area contributed by atoms with Crippen LogP contribution in [0.3, 0.4) is 0 Å². The van der Waals surface area contributed by atoms with Crippen molar-refractivity contribution in [3.8, 4) is 0 Å². The molecule has 44 heavy (non-hydrogen) atoms.